The fraction of sp³-hybridized carbons (Fsp3) is 0.368. The van der Waals surface area contributed by atoms with Gasteiger partial charge >= 0.3 is 0 Å². The number of rotatable bonds is 5. The van der Waals surface area contributed by atoms with Crippen molar-refractivity contribution in [1.82, 2.24) is 0 Å². The number of hydrogen-bond donors (Lipinski definition) is 1. The van der Waals surface area contributed by atoms with Gasteiger partial charge in [-0.15, -0.1) is 11.3 Å². The Morgan fingerprint density at radius 1 is 1.33 bits per heavy atom. The van der Waals surface area contributed by atoms with Gasteiger partial charge in [-0.25, -0.2) is 0 Å². The first kappa shape index (κ1) is 16.5. The minimum Gasteiger partial charge on any atom is -0.493 e. The standard InChI is InChI=1S/C19H20N2O2S/c1-2-11-23-16-9-5-3-8-14(16)18(22)21-19-15(12-20)13-7-4-6-10-17(13)24-19/h3,5,8-9H,2,4,6-7,10-11H2,1H3,(H,21,22). The molecule has 1 aliphatic carbocycles. The van der Waals surface area contributed by atoms with Crippen LogP contribution in [0.25, 0.3) is 0 Å². The number of aryl methyl sites for hydroxylation is 1. The lowest BCUT2D eigenvalue weighted by atomic mass is 9.96. The lowest BCUT2D eigenvalue weighted by Crippen LogP contribution is -2.14. The second kappa shape index (κ2) is 7.50. The number of nitrogens with one attached hydrogen (secondary N) is 1. The van der Waals surface area contributed by atoms with Crippen LogP contribution in [0.4, 0.5) is 5.00 Å². The van der Waals surface area contributed by atoms with E-state index < -0.39 is 0 Å². The highest BCUT2D eigenvalue weighted by Gasteiger charge is 2.22. The molecule has 0 radical (unpaired) electrons. The van der Waals surface area contributed by atoms with Crippen molar-refractivity contribution in [2.75, 3.05) is 11.9 Å². The van der Waals surface area contributed by atoms with E-state index in [9.17, 15) is 10.1 Å². The Balaban J connectivity index is 1.86. The minimum atomic E-state index is -0.225. The number of carbonyl (C=O) groups is 1. The summed E-state index contributed by atoms with van der Waals surface area (Å²) in [5, 5.41) is 13.1. The molecule has 0 spiro atoms. The van der Waals surface area contributed by atoms with Crippen LogP contribution >= 0.6 is 11.3 Å². The molecule has 1 aromatic heterocycles. The fourth-order valence-electron chi connectivity index (χ4n) is 2.93. The largest absolute Gasteiger partial charge is 0.493 e. The predicted molar refractivity (Wildman–Crippen MR) is 95.9 cm³/mol. The molecule has 4 nitrogen and oxygen atoms in total. The van der Waals surface area contributed by atoms with Crippen molar-refractivity contribution in [2.45, 2.75) is 39.0 Å². The van der Waals surface area contributed by atoms with Crippen LogP contribution < -0.4 is 10.1 Å². The van der Waals surface area contributed by atoms with Crippen molar-refractivity contribution in [3.8, 4) is 11.8 Å². The quantitative estimate of drug-likeness (QED) is 0.869. The van der Waals surface area contributed by atoms with Gasteiger partial charge in [0, 0.05) is 4.88 Å². The lowest BCUT2D eigenvalue weighted by Gasteiger charge is -2.10. The molecule has 0 atom stereocenters. The van der Waals surface area contributed by atoms with Crippen molar-refractivity contribution in [3.63, 3.8) is 0 Å². The van der Waals surface area contributed by atoms with Crippen LogP contribution in [0.3, 0.4) is 0 Å². The summed E-state index contributed by atoms with van der Waals surface area (Å²) in [6, 6.07) is 9.50. The van der Waals surface area contributed by atoms with Gasteiger partial charge in [0.05, 0.1) is 17.7 Å². The highest BCUT2D eigenvalue weighted by Crippen LogP contribution is 2.38. The molecular weight excluding hydrogens is 320 g/mol. The molecule has 124 valence electrons. The van der Waals surface area contributed by atoms with E-state index in [1.54, 1.807) is 12.1 Å². The van der Waals surface area contributed by atoms with Crippen LogP contribution in [0.15, 0.2) is 24.3 Å². The molecule has 0 bridgehead atoms. The third-order valence-electron chi connectivity index (χ3n) is 4.10. The highest BCUT2D eigenvalue weighted by atomic mass is 32.1. The highest BCUT2D eigenvalue weighted by molar-refractivity contribution is 7.16. The number of benzene rings is 1. The van der Waals surface area contributed by atoms with E-state index in [0.717, 1.165) is 37.7 Å². The van der Waals surface area contributed by atoms with Gasteiger partial charge in [0.1, 0.15) is 16.8 Å². The molecule has 0 aliphatic heterocycles. The van der Waals surface area contributed by atoms with E-state index in [1.807, 2.05) is 19.1 Å². The Bertz CT molecular complexity index is 789. The van der Waals surface area contributed by atoms with E-state index in [4.69, 9.17) is 4.74 Å². The Morgan fingerprint density at radius 2 is 2.12 bits per heavy atom. The molecule has 3 rings (SSSR count). The normalized spacial score (nSPS) is 13.0. The molecule has 0 unspecified atom stereocenters. The molecule has 1 N–H and O–H groups in total. The number of nitrogens with zero attached hydrogens (tertiary/aromatic N) is 1. The average Bonchev–Trinajstić information content (AvgIpc) is 2.97. The predicted octanol–water partition coefficient (Wildman–Crippen LogP) is 4.54. The van der Waals surface area contributed by atoms with Gasteiger partial charge in [-0.3, -0.25) is 4.79 Å². The molecule has 1 heterocycles. The third kappa shape index (κ3) is 3.29. The first-order chi connectivity index (χ1) is 11.7. The second-order valence-electron chi connectivity index (χ2n) is 5.83. The van der Waals surface area contributed by atoms with Crippen molar-refractivity contribution >= 4 is 22.2 Å². The number of carbonyl (C=O) groups excluding carboxylic acids is 1. The zero-order chi connectivity index (χ0) is 16.9. The summed E-state index contributed by atoms with van der Waals surface area (Å²) in [5.41, 5.74) is 2.26. The molecule has 1 amide bonds. The average molecular weight is 340 g/mol. The van der Waals surface area contributed by atoms with Crippen LogP contribution in [0.1, 0.15) is 52.5 Å². The summed E-state index contributed by atoms with van der Waals surface area (Å²) in [7, 11) is 0. The molecular formula is C19H20N2O2S. The van der Waals surface area contributed by atoms with Crippen molar-refractivity contribution < 1.29 is 9.53 Å². The van der Waals surface area contributed by atoms with E-state index >= 15 is 0 Å². The van der Waals surface area contributed by atoms with E-state index in [1.165, 1.54) is 16.2 Å². The van der Waals surface area contributed by atoms with Gasteiger partial charge in [-0.2, -0.15) is 5.26 Å². The van der Waals surface area contributed by atoms with Gasteiger partial charge in [-0.05, 0) is 49.8 Å². The number of ether oxygens (including phenoxy) is 1. The topological polar surface area (TPSA) is 62.1 Å². The van der Waals surface area contributed by atoms with Gasteiger partial charge in [0.2, 0.25) is 0 Å². The maximum absolute atomic E-state index is 12.7. The van der Waals surface area contributed by atoms with E-state index in [0.29, 0.717) is 28.5 Å². The molecule has 0 saturated heterocycles. The Kier molecular flexibility index (Phi) is 5.17. The molecule has 5 heteroatoms. The smallest absolute Gasteiger partial charge is 0.260 e. The zero-order valence-corrected chi connectivity index (χ0v) is 14.5. The van der Waals surface area contributed by atoms with Crippen molar-refractivity contribution in [1.29, 1.82) is 5.26 Å². The summed E-state index contributed by atoms with van der Waals surface area (Å²) in [6.07, 6.45) is 5.08. The maximum Gasteiger partial charge on any atom is 0.260 e. The molecule has 1 aliphatic rings. The number of amides is 1. The van der Waals surface area contributed by atoms with Gasteiger partial charge in [0.25, 0.3) is 5.91 Å². The van der Waals surface area contributed by atoms with Crippen LogP contribution in [0, 0.1) is 11.3 Å². The first-order valence-corrected chi connectivity index (χ1v) is 9.14. The molecule has 1 aromatic carbocycles. The van der Waals surface area contributed by atoms with E-state index in [-0.39, 0.29) is 5.91 Å². The first-order valence-electron chi connectivity index (χ1n) is 8.32. The number of fused-ring (bicyclic) bond motifs is 1. The second-order valence-corrected chi connectivity index (χ2v) is 6.93. The van der Waals surface area contributed by atoms with Crippen LogP contribution in [-0.4, -0.2) is 12.5 Å². The molecule has 0 fully saturated rings. The van der Waals surface area contributed by atoms with E-state index in [2.05, 4.69) is 11.4 Å². The van der Waals surface area contributed by atoms with Gasteiger partial charge < -0.3 is 10.1 Å². The summed E-state index contributed by atoms with van der Waals surface area (Å²) < 4.78 is 5.66. The monoisotopic (exact) mass is 340 g/mol. The zero-order valence-electron chi connectivity index (χ0n) is 13.7. The van der Waals surface area contributed by atoms with Crippen molar-refractivity contribution in [2.24, 2.45) is 0 Å². The van der Waals surface area contributed by atoms with Gasteiger partial charge in [-0.1, -0.05) is 19.1 Å². The van der Waals surface area contributed by atoms with Crippen molar-refractivity contribution in [3.05, 3.63) is 45.8 Å². The molecule has 2 aromatic rings. The number of anilines is 1. The number of hydrogen-bond acceptors (Lipinski definition) is 4. The van der Waals surface area contributed by atoms with Crippen LogP contribution in [-0.2, 0) is 12.8 Å². The minimum absolute atomic E-state index is 0.225. The van der Waals surface area contributed by atoms with Crippen LogP contribution in [0.5, 0.6) is 5.75 Å². The summed E-state index contributed by atoms with van der Waals surface area (Å²) in [5.74, 6) is 0.355. The Labute approximate surface area is 146 Å². The number of para-hydroxylation sites is 1. The number of nitriles is 1. The van der Waals surface area contributed by atoms with Crippen LogP contribution in [0.2, 0.25) is 0 Å². The molecule has 24 heavy (non-hydrogen) atoms. The number of thiophene rings is 1. The third-order valence-corrected chi connectivity index (χ3v) is 5.31. The lowest BCUT2D eigenvalue weighted by molar-refractivity contribution is 0.102. The summed E-state index contributed by atoms with van der Waals surface area (Å²) >= 11 is 1.54. The Hall–Kier alpha value is -2.32. The summed E-state index contributed by atoms with van der Waals surface area (Å²) in [4.78, 5) is 13.9. The fourth-order valence-corrected chi connectivity index (χ4v) is 4.17. The maximum atomic E-state index is 12.7. The SMILES string of the molecule is CCCOc1ccccc1C(=O)Nc1sc2c(c1C#N)CCCC2. The van der Waals surface area contributed by atoms with Gasteiger partial charge in [0.15, 0.2) is 0 Å². The Morgan fingerprint density at radius 3 is 2.92 bits per heavy atom. The summed E-state index contributed by atoms with van der Waals surface area (Å²) in [6.45, 7) is 2.60. The molecule has 0 saturated carbocycles.